The number of nitrogens with one attached hydrogen (secondary N) is 1. The fourth-order valence-corrected chi connectivity index (χ4v) is 6.16. The van der Waals surface area contributed by atoms with E-state index in [1.165, 1.54) is 41.8 Å². The van der Waals surface area contributed by atoms with Crippen molar-refractivity contribution in [1.29, 1.82) is 0 Å². The van der Waals surface area contributed by atoms with Gasteiger partial charge in [0.1, 0.15) is 0 Å². The fourth-order valence-electron chi connectivity index (χ4n) is 6.16. The van der Waals surface area contributed by atoms with E-state index in [4.69, 9.17) is 0 Å². The third kappa shape index (κ3) is 4.71. The predicted octanol–water partition coefficient (Wildman–Crippen LogP) is 6.40. The first-order valence-electron chi connectivity index (χ1n) is 12.6. The van der Waals surface area contributed by atoms with E-state index in [0.717, 1.165) is 26.1 Å². The zero-order valence-electron chi connectivity index (χ0n) is 20.1. The van der Waals surface area contributed by atoms with Crippen molar-refractivity contribution in [2.75, 3.05) is 24.5 Å². The van der Waals surface area contributed by atoms with Gasteiger partial charge in [-0.3, -0.25) is 4.90 Å². The first kappa shape index (κ1) is 22.2. The fraction of sp³-hybridized carbons (Fsp3) is 0.400. The second-order valence-electron chi connectivity index (χ2n) is 9.76. The summed E-state index contributed by atoms with van der Waals surface area (Å²) in [7, 11) is 0. The van der Waals surface area contributed by atoms with Gasteiger partial charge in [-0.05, 0) is 93.6 Å². The van der Waals surface area contributed by atoms with Crippen molar-refractivity contribution in [3.63, 3.8) is 0 Å². The SMILES string of the molecule is Cc1cccc(C)c1C1CC(N(c2ccccc2)c2ccccc2)CCN1C1CCNCC1. The molecule has 2 saturated heterocycles. The molecule has 5 rings (SSSR count). The first-order valence-corrected chi connectivity index (χ1v) is 12.6. The van der Waals surface area contributed by atoms with E-state index in [1.807, 2.05) is 0 Å². The average molecular weight is 440 g/mol. The molecule has 2 aliphatic heterocycles. The average Bonchev–Trinajstić information content (AvgIpc) is 2.86. The maximum absolute atomic E-state index is 3.57. The van der Waals surface area contributed by atoms with Crippen LogP contribution in [0.2, 0.25) is 0 Å². The molecule has 0 spiro atoms. The standard InChI is InChI=1S/C30H37N3/c1-23-10-9-11-24(2)30(23)29-22-28(18-21-32(29)25-16-19-31-20-17-25)33(26-12-5-3-6-13-26)27-14-7-4-8-15-27/h3-15,25,28-29,31H,16-22H2,1-2H3. The number of likely N-dealkylation sites (tertiary alicyclic amines) is 1. The van der Waals surface area contributed by atoms with E-state index >= 15 is 0 Å². The topological polar surface area (TPSA) is 18.5 Å². The second-order valence-corrected chi connectivity index (χ2v) is 9.76. The lowest BCUT2D eigenvalue weighted by molar-refractivity contribution is 0.0674. The first-order chi connectivity index (χ1) is 16.2. The lowest BCUT2D eigenvalue weighted by atomic mass is 9.84. The highest BCUT2D eigenvalue weighted by molar-refractivity contribution is 5.64. The molecule has 3 aromatic carbocycles. The van der Waals surface area contributed by atoms with Gasteiger partial charge in [0.15, 0.2) is 0 Å². The molecule has 0 aliphatic carbocycles. The molecule has 0 bridgehead atoms. The predicted molar refractivity (Wildman–Crippen MR) is 139 cm³/mol. The Morgan fingerprint density at radius 2 is 1.30 bits per heavy atom. The van der Waals surface area contributed by atoms with E-state index in [0.29, 0.717) is 18.1 Å². The quantitative estimate of drug-likeness (QED) is 0.496. The molecule has 0 radical (unpaired) electrons. The minimum absolute atomic E-state index is 0.461. The van der Waals surface area contributed by atoms with Gasteiger partial charge in [-0.15, -0.1) is 0 Å². The van der Waals surface area contributed by atoms with Crippen molar-refractivity contribution in [1.82, 2.24) is 10.2 Å². The summed E-state index contributed by atoms with van der Waals surface area (Å²) in [6, 6.07) is 30.4. The third-order valence-corrected chi connectivity index (χ3v) is 7.70. The number of aryl methyl sites for hydroxylation is 2. The Balaban J connectivity index is 1.53. The molecule has 1 N–H and O–H groups in total. The molecular weight excluding hydrogens is 402 g/mol. The zero-order chi connectivity index (χ0) is 22.6. The number of anilines is 2. The Labute approximate surface area is 199 Å². The van der Waals surface area contributed by atoms with E-state index in [1.54, 1.807) is 5.56 Å². The van der Waals surface area contributed by atoms with Crippen LogP contribution in [0.25, 0.3) is 0 Å². The zero-order valence-corrected chi connectivity index (χ0v) is 20.1. The smallest absolute Gasteiger partial charge is 0.0413 e. The minimum atomic E-state index is 0.461. The molecule has 2 heterocycles. The van der Waals surface area contributed by atoms with E-state index in [2.05, 4.69) is 108 Å². The number of piperidine rings is 2. The summed E-state index contributed by atoms with van der Waals surface area (Å²) in [5, 5.41) is 3.57. The number of nitrogens with zero attached hydrogens (tertiary/aromatic N) is 2. The van der Waals surface area contributed by atoms with Crippen LogP contribution >= 0.6 is 0 Å². The molecule has 3 nitrogen and oxygen atoms in total. The molecule has 2 unspecified atom stereocenters. The van der Waals surface area contributed by atoms with Crippen LogP contribution in [0.15, 0.2) is 78.9 Å². The summed E-state index contributed by atoms with van der Waals surface area (Å²) in [6.45, 7) is 8.05. The Kier molecular flexibility index (Phi) is 6.80. The molecule has 0 saturated carbocycles. The molecule has 0 amide bonds. The van der Waals surface area contributed by atoms with E-state index in [9.17, 15) is 0 Å². The normalized spacial score (nSPS) is 22.2. The van der Waals surface area contributed by atoms with Crippen molar-refractivity contribution >= 4 is 11.4 Å². The summed E-state index contributed by atoms with van der Waals surface area (Å²) in [5.74, 6) is 0. The summed E-state index contributed by atoms with van der Waals surface area (Å²) < 4.78 is 0. The van der Waals surface area contributed by atoms with Crippen molar-refractivity contribution in [2.24, 2.45) is 0 Å². The lowest BCUT2D eigenvalue weighted by Gasteiger charge is -2.49. The Morgan fingerprint density at radius 3 is 1.88 bits per heavy atom. The summed E-state index contributed by atoms with van der Waals surface area (Å²) in [4.78, 5) is 5.46. The van der Waals surface area contributed by atoms with E-state index < -0.39 is 0 Å². The molecule has 3 aromatic rings. The number of hydrogen-bond acceptors (Lipinski definition) is 3. The van der Waals surface area contributed by atoms with Crippen molar-refractivity contribution in [3.05, 3.63) is 95.6 Å². The molecule has 2 fully saturated rings. The van der Waals surface area contributed by atoms with Gasteiger partial charge in [0.05, 0.1) is 0 Å². The van der Waals surface area contributed by atoms with Gasteiger partial charge in [0.25, 0.3) is 0 Å². The van der Waals surface area contributed by atoms with Crippen LogP contribution in [0.4, 0.5) is 11.4 Å². The molecule has 0 aromatic heterocycles. The highest BCUT2D eigenvalue weighted by atomic mass is 15.2. The van der Waals surface area contributed by atoms with E-state index in [-0.39, 0.29) is 0 Å². The van der Waals surface area contributed by atoms with Gasteiger partial charge in [-0.25, -0.2) is 0 Å². The Morgan fingerprint density at radius 1 is 0.727 bits per heavy atom. The number of rotatable bonds is 5. The number of para-hydroxylation sites is 2. The van der Waals surface area contributed by atoms with Crippen LogP contribution < -0.4 is 10.2 Å². The highest BCUT2D eigenvalue weighted by Crippen LogP contribution is 2.42. The van der Waals surface area contributed by atoms with Crippen LogP contribution in [-0.2, 0) is 0 Å². The molecule has 172 valence electrons. The van der Waals surface area contributed by atoms with Gasteiger partial charge >= 0.3 is 0 Å². The van der Waals surface area contributed by atoms with Crippen LogP contribution in [0.5, 0.6) is 0 Å². The van der Waals surface area contributed by atoms with Crippen LogP contribution in [0.3, 0.4) is 0 Å². The van der Waals surface area contributed by atoms with Crippen molar-refractivity contribution in [3.8, 4) is 0 Å². The van der Waals surface area contributed by atoms with Gasteiger partial charge in [-0.1, -0.05) is 54.6 Å². The van der Waals surface area contributed by atoms with Crippen LogP contribution in [0, 0.1) is 13.8 Å². The Hall–Kier alpha value is -2.62. The number of hydrogen-bond donors (Lipinski definition) is 1. The van der Waals surface area contributed by atoms with Gasteiger partial charge in [0, 0.05) is 36.0 Å². The van der Waals surface area contributed by atoms with Gasteiger partial charge in [-0.2, -0.15) is 0 Å². The van der Waals surface area contributed by atoms with Gasteiger partial charge in [0.2, 0.25) is 0 Å². The monoisotopic (exact) mass is 439 g/mol. The minimum Gasteiger partial charge on any atom is -0.338 e. The molecule has 2 aliphatic rings. The maximum atomic E-state index is 3.57. The molecular formula is C30H37N3. The van der Waals surface area contributed by atoms with Crippen molar-refractivity contribution in [2.45, 2.75) is 57.7 Å². The molecule has 3 heteroatoms. The van der Waals surface area contributed by atoms with Crippen molar-refractivity contribution < 1.29 is 0 Å². The largest absolute Gasteiger partial charge is 0.338 e. The van der Waals surface area contributed by atoms with Crippen LogP contribution in [0.1, 0.15) is 48.4 Å². The number of benzene rings is 3. The summed E-state index contributed by atoms with van der Waals surface area (Å²) >= 11 is 0. The van der Waals surface area contributed by atoms with Crippen LogP contribution in [-0.4, -0.2) is 36.6 Å². The second kappa shape index (κ2) is 10.1. The van der Waals surface area contributed by atoms with Gasteiger partial charge < -0.3 is 10.2 Å². The Bertz CT molecular complexity index is 967. The molecule has 2 atom stereocenters. The highest BCUT2D eigenvalue weighted by Gasteiger charge is 2.38. The lowest BCUT2D eigenvalue weighted by Crippen LogP contribution is -2.51. The summed E-state index contributed by atoms with van der Waals surface area (Å²) in [5.41, 5.74) is 7.02. The summed E-state index contributed by atoms with van der Waals surface area (Å²) in [6.07, 6.45) is 4.86. The third-order valence-electron chi connectivity index (χ3n) is 7.70. The molecule has 33 heavy (non-hydrogen) atoms. The maximum Gasteiger partial charge on any atom is 0.0413 e.